The molecule has 3 rings (SSSR count). The molecule has 0 amide bonds. The van der Waals surface area contributed by atoms with E-state index in [9.17, 15) is 0 Å². The quantitative estimate of drug-likeness (QED) is 0.825. The molecule has 118 valence electrons. The molecule has 6 heteroatoms. The van der Waals surface area contributed by atoms with Gasteiger partial charge in [-0.3, -0.25) is 14.6 Å². The molecule has 0 aromatic carbocycles. The van der Waals surface area contributed by atoms with Gasteiger partial charge in [-0.2, -0.15) is 5.10 Å². The molecular weight excluding hydrogens is 319 g/mol. The number of hydrogen-bond acceptors (Lipinski definition) is 3. The number of likely N-dealkylation sites (tertiary alicyclic amines) is 1. The molecule has 3 heterocycles. The first-order valence-corrected chi connectivity index (χ1v) is 8.49. The normalized spacial score (nSPS) is 19.5. The summed E-state index contributed by atoms with van der Waals surface area (Å²) < 4.78 is 2.00. The Morgan fingerprint density at radius 2 is 2.00 bits per heavy atom. The highest BCUT2D eigenvalue weighted by atomic mass is 35.5. The van der Waals surface area contributed by atoms with Crippen LogP contribution in [-0.2, 0) is 13.1 Å². The summed E-state index contributed by atoms with van der Waals surface area (Å²) in [4.78, 5) is 6.53. The number of aromatic nitrogens is 3. The highest BCUT2D eigenvalue weighted by Crippen LogP contribution is 2.28. The molecule has 22 heavy (non-hydrogen) atoms. The van der Waals surface area contributed by atoms with Gasteiger partial charge in [0.05, 0.1) is 10.0 Å². The first-order chi connectivity index (χ1) is 10.7. The van der Waals surface area contributed by atoms with Crippen molar-refractivity contribution in [3.05, 3.63) is 46.5 Å². The smallest absolute Gasteiger partial charge is 0.0649 e. The zero-order valence-corrected chi connectivity index (χ0v) is 14.0. The highest BCUT2D eigenvalue weighted by molar-refractivity contribution is 6.35. The van der Waals surface area contributed by atoms with Crippen molar-refractivity contribution in [3.63, 3.8) is 0 Å². The van der Waals surface area contributed by atoms with Gasteiger partial charge in [-0.05, 0) is 31.9 Å². The van der Waals surface area contributed by atoms with Gasteiger partial charge in [0, 0.05) is 49.5 Å². The van der Waals surface area contributed by atoms with E-state index < -0.39 is 0 Å². The third-order valence-corrected chi connectivity index (χ3v) is 4.96. The fourth-order valence-corrected chi connectivity index (χ4v) is 3.59. The first kappa shape index (κ1) is 15.8. The van der Waals surface area contributed by atoms with Crippen LogP contribution in [0.2, 0.25) is 10.0 Å². The maximum Gasteiger partial charge on any atom is 0.0649 e. The third-order valence-electron chi connectivity index (χ3n) is 4.31. The third kappa shape index (κ3) is 3.80. The van der Waals surface area contributed by atoms with Crippen molar-refractivity contribution in [1.82, 2.24) is 19.7 Å². The van der Waals surface area contributed by atoms with Crippen molar-refractivity contribution in [2.45, 2.75) is 44.8 Å². The molecule has 0 spiro atoms. The summed E-state index contributed by atoms with van der Waals surface area (Å²) >= 11 is 12.5. The molecule has 1 atom stereocenters. The summed E-state index contributed by atoms with van der Waals surface area (Å²) in [5.74, 6) is 0. The average Bonchev–Trinajstić information content (AvgIpc) is 3.03. The predicted octanol–water partition coefficient (Wildman–Crippen LogP) is 4.03. The van der Waals surface area contributed by atoms with Crippen molar-refractivity contribution in [3.8, 4) is 0 Å². The number of hydrogen-bond donors (Lipinski definition) is 0. The summed E-state index contributed by atoms with van der Waals surface area (Å²) in [6.45, 7) is 2.84. The van der Waals surface area contributed by atoms with E-state index in [1.165, 1.54) is 19.3 Å². The van der Waals surface area contributed by atoms with Crippen LogP contribution < -0.4 is 0 Å². The molecule has 0 saturated carbocycles. The molecule has 0 N–H and O–H groups in total. The van der Waals surface area contributed by atoms with Crippen LogP contribution in [0.15, 0.2) is 30.9 Å². The maximum absolute atomic E-state index is 6.27. The summed E-state index contributed by atoms with van der Waals surface area (Å²) in [6.07, 6.45) is 12.0. The van der Waals surface area contributed by atoms with Crippen molar-refractivity contribution < 1.29 is 0 Å². The van der Waals surface area contributed by atoms with Gasteiger partial charge in [0.2, 0.25) is 0 Å². The molecule has 2 aromatic rings. The van der Waals surface area contributed by atoms with Gasteiger partial charge in [0.1, 0.15) is 0 Å². The molecule has 0 bridgehead atoms. The molecule has 1 aliphatic rings. The van der Waals surface area contributed by atoms with E-state index >= 15 is 0 Å². The van der Waals surface area contributed by atoms with Crippen molar-refractivity contribution in [2.24, 2.45) is 0 Å². The number of halogens is 2. The molecule has 0 unspecified atom stereocenters. The van der Waals surface area contributed by atoms with E-state index in [-0.39, 0.29) is 0 Å². The van der Waals surface area contributed by atoms with Crippen molar-refractivity contribution >= 4 is 23.2 Å². The fraction of sp³-hybridized carbons (Fsp3) is 0.500. The van der Waals surface area contributed by atoms with Crippen LogP contribution >= 0.6 is 23.2 Å². The lowest BCUT2D eigenvalue weighted by Gasteiger charge is -2.36. The predicted molar refractivity (Wildman–Crippen MR) is 89.2 cm³/mol. The van der Waals surface area contributed by atoms with Gasteiger partial charge in [0.15, 0.2) is 0 Å². The van der Waals surface area contributed by atoms with Gasteiger partial charge in [-0.25, -0.2) is 0 Å². The molecule has 1 fully saturated rings. The van der Waals surface area contributed by atoms with Gasteiger partial charge in [0.25, 0.3) is 0 Å². The van der Waals surface area contributed by atoms with Gasteiger partial charge >= 0.3 is 0 Å². The lowest BCUT2D eigenvalue weighted by molar-refractivity contribution is 0.127. The minimum Gasteiger partial charge on any atom is -0.296 e. The van der Waals surface area contributed by atoms with E-state index in [1.54, 1.807) is 12.4 Å². The fourth-order valence-electron chi connectivity index (χ4n) is 3.10. The van der Waals surface area contributed by atoms with Crippen LogP contribution in [0.1, 0.15) is 31.2 Å². The number of aryl methyl sites for hydroxylation is 1. The maximum atomic E-state index is 6.27. The summed E-state index contributed by atoms with van der Waals surface area (Å²) in [6, 6.07) is 2.52. The Morgan fingerprint density at radius 1 is 1.18 bits per heavy atom. The lowest BCUT2D eigenvalue weighted by Crippen LogP contribution is -2.39. The second-order valence-corrected chi connectivity index (χ2v) is 6.57. The van der Waals surface area contributed by atoms with Crippen LogP contribution in [0, 0.1) is 0 Å². The van der Waals surface area contributed by atoms with E-state index in [0.717, 1.165) is 31.6 Å². The lowest BCUT2D eigenvalue weighted by atomic mass is 9.98. The Balaban J connectivity index is 1.67. The van der Waals surface area contributed by atoms with Crippen LogP contribution in [0.4, 0.5) is 0 Å². The Kier molecular flexibility index (Phi) is 5.34. The summed E-state index contributed by atoms with van der Waals surface area (Å²) in [5.41, 5.74) is 0.990. The van der Waals surface area contributed by atoms with Crippen LogP contribution in [0.3, 0.4) is 0 Å². The molecular formula is C16H20Cl2N4. The molecule has 2 aromatic heterocycles. The molecule has 0 aliphatic carbocycles. The Bertz CT molecular complexity index is 580. The van der Waals surface area contributed by atoms with Gasteiger partial charge in [-0.1, -0.05) is 29.6 Å². The molecule has 1 aliphatic heterocycles. The Morgan fingerprint density at radius 3 is 2.73 bits per heavy atom. The number of rotatable bonds is 5. The zero-order chi connectivity index (χ0) is 15.4. The summed E-state index contributed by atoms with van der Waals surface area (Å²) in [7, 11) is 0. The van der Waals surface area contributed by atoms with E-state index in [0.29, 0.717) is 16.1 Å². The van der Waals surface area contributed by atoms with Crippen LogP contribution in [0.25, 0.3) is 0 Å². The number of piperidine rings is 1. The molecule has 1 saturated heterocycles. The zero-order valence-electron chi connectivity index (χ0n) is 12.5. The number of nitrogens with zero attached hydrogens (tertiary/aromatic N) is 4. The highest BCUT2D eigenvalue weighted by Gasteiger charge is 2.23. The largest absolute Gasteiger partial charge is 0.296 e. The molecule has 4 nitrogen and oxygen atoms in total. The van der Waals surface area contributed by atoms with E-state index in [1.807, 2.05) is 23.1 Å². The monoisotopic (exact) mass is 338 g/mol. The molecule has 0 radical (unpaired) electrons. The Hall–Kier alpha value is -1.10. The van der Waals surface area contributed by atoms with E-state index in [4.69, 9.17) is 23.2 Å². The minimum absolute atomic E-state index is 0.554. The van der Waals surface area contributed by atoms with Crippen molar-refractivity contribution in [1.29, 1.82) is 0 Å². The minimum atomic E-state index is 0.554. The second kappa shape index (κ2) is 7.44. The van der Waals surface area contributed by atoms with Crippen molar-refractivity contribution in [2.75, 3.05) is 6.54 Å². The second-order valence-electron chi connectivity index (χ2n) is 5.76. The Labute approximate surface area is 141 Å². The average molecular weight is 339 g/mol. The first-order valence-electron chi connectivity index (χ1n) is 7.73. The topological polar surface area (TPSA) is 34.0 Å². The standard InChI is InChI=1S/C16H20Cl2N4/c17-15-10-19-11-16(18)14(15)12-21-7-2-1-4-13(21)5-9-22-8-3-6-20-22/h3,6,8,10-11,13H,1-2,4-5,7,9,12H2/t13-/m0/s1. The number of pyridine rings is 1. The van der Waals surface area contributed by atoms with Gasteiger partial charge in [-0.15, -0.1) is 0 Å². The van der Waals surface area contributed by atoms with Gasteiger partial charge < -0.3 is 0 Å². The van der Waals surface area contributed by atoms with E-state index in [2.05, 4.69) is 15.0 Å². The SMILES string of the molecule is Clc1cncc(Cl)c1CN1CCCC[C@H]1CCn1cccn1. The van der Waals surface area contributed by atoms with Crippen LogP contribution in [-0.4, -0.2) is 32.3 Å². The summed E-state index contributed by atoms with van der Waals surface area (Å²) in [5, 5.41) is 5.60. The van der Waals surface area contributed by atoms with Crippen LogP contribution in [0.5, 0.6) is 0 Å².